The predicted octanol–water partition coefficient (Wildman–Crippen LogP) is 8.06. The number of rotatable bonds is 22. The summed E-state index contributed by atoms with van der Waals surface area (Å²) < 4.78 is 6.48. The van der Waals surface area contributed by atoms with Crippen LogP contribution in [0.5, 0.6) is 0 Å². The van der Waals surface area contributed by atoms with Gasteiger partial charge in [0.1, 0.15) is 0 Å². The molecule has 0 saturated heterocycles. The molecule has 0 bridgehead atoms. The molecule has 0 aromatic heterocycles. The van der Waals surface area contributed by atoms with Crippen molar-refractivity contribution >= 4 is 0 Å². The normalized spacial score (nSPS) is 17.8. The summed E-state index contributed by atoms with van der Waals surface area (Å²) in [5.41, 5.74) is -0.303. The highest BCUT2D eigenvalue weighted by Crippen LogP contribution is 2.39. The van der Waals surface area contributed by atoms with Crippen LogP contribution < -0.4 is 0 Å². The van der Waals surface area contributed by atoms with Gasteiger partial charge < -0.3 is 14.9 Å². The van der Waals surface area contributed by atoms with E-state index in [1.54, 1.807) is 0 Å². The van der Waals surface area contributed by atoms with E-state index in [-0.39, 0.29) is 23.0 Å². The molecule has 4 atom stereocenters. The molecule has 2 N–H and O–H groups in total. The third-order valence-corrected chi connectivity index (χ3v) is 7.82. The van der Waals surface area contributed by atoms with Crippen molar-refractivity contribution in [3.63, 3.8) is 0 Å². The molecule has 0 aromatic rings. The lowest BCUT2D eigenvalue weighted by Gasteiger charge is -2.41. The predicted molar refractivity (Wildman–Crippen MR) is 136 cm³/mol. The summed E-state index contributed by atoms with van der Waals surface area (Å²) in [7, 11) is 0. The third-order valence-electron chi connectivity index (χ3n) is 7.82. The molecule has 0 fully saturated rings. The monoisotopic (exact) mass is 442 g/mol. The van der Waals surface area contributed by atoms with Crippen LogP contribution in [0.4, 0.5) is 0 Å². The summed E-state index contributed by atoms with van der Waals surface area (Å²) in [5.74, 6) is 0. The molecular weight excluding hydrogens is 384 g/mol. The average molecular weight is 443 g/mol. The van der Waals surface area contributed by atoms with Gasteiger partial charge in [-0.15, -0.1) is 0 Å². The van der Waals surface area contributed by atoms with E-state index in [0.717, 1.165) is 77.0 Å². The van der Waals surface area contributed by atoms with Gasteiger partial charge >= 0.3 is 0 Å². The summed E-state index contributed by atoms with van der Waals surface area (Å²) in [4.78, 5) is 0. The first kappa shape index (κ1) is 30.9. The van der Waals surface area contributed by atoms with Crippen LogP contribution in [0.2, 0.25) is 0 Å². The van der Waals surface area contributed by atoms with E-state index >= 15 is 0 Å². The molecule has 0 aliphatic carbocycles. The van der Waals surface area contributed by atoms with Crippen molar-refractivity contribution in [2.75, 3.05) is 13.2 Å². The maximum Gasteiger partial charge on any atom is 0.0618 e. The Morgan fingerprint density at radius 3 is 1.19 bits per heavy atom. The van der Waals surface area contributed by atoms with Gasteiger partial charge in [0.2, 0.25) is 0 Å². The summed E-state index contributed by atoms with van der Waals surface area (Å²) in [5, 5.41) is 22.3. The molecule has 0 amide bonds. The zero-order chi connectivity index (χ0) is 23.6. The molecule has 0 aliphatic heterocycles. The fourth-order valence-electron chi connectivity index (χ4n) is 5.00. The van der Waals surface area contributed by atoms with Gasteiger partial charge in [-0.1, -0.05) is 106 Å². The van der Waals surface area contributed by atoms with Gasteiger partial charge in [0.15, 0.2) is 0 Å². The Hall–Kier alpha value is -0.120. The fraction of sp³-hybridized carbons (Fsp3) is 1.00. The van der Waals surface area contributed by atoms with Gasteiger partial charge in [-0.25, -0.2) is 0 Å². The Balaban J connectivity index is 5.27. The van der Waals surface area contributed by atoms with E-state index in [1.165, 1.54) is 25.7 Å². The molecule has 0 spiro atoms. The van der Waals surface area contributed by atoms with Crippen LogP contribution in [0.25, 0.3) is 0 Å². The molecule has 3 nitrogen and oxygen atoms in total. The smallest absolute Gasteiger partial charge is 0.0618 e. The van der Waals surface area contributed by atoms with Crippen molar-refractivity contribution in [2.24, 2.45) is 10.8 Å². The van der Waals surface area contributed by atoms with Crippen LogP contribution in [0.15, 0.2) is 0 Å². The zero-order valence-corrected chi connectivity index (χ0v) is 22.2. The SMILES string of the molecule is CCCCCC(O)C(CC)(CCCC)COCC(CC)(CCCC)C(O)CCCCC. The van der Waals surface area contributed by atoms with Gasteiger partial charge in [0, 0.05) is 10.8 Å². The largest absolute Gasteiger partial charge is 0.392 e. The van der Waals surface area contributed by atoms with E-state index in [1.807, 2.05) is 0 Å². The van der Waals surface area contributed by atoms with Crippen LogP contribution >= 0.6 is 0 Å². The van der Waals surface area contributed by atoms with E-state index in [4.69, 9.17) is 4.74 Å². The van der Waals surface area contributed by atoms with E-state index in [2.05, 4.69) is 41.5 Å². The highest BCUT2D eigenvalue weighted by atomic mass is 16.5. The number of hydrogen-bond donors (Lipinski definition) is 2. The molecular formula is C28H58O3. The van der Waals surface area contributed by atoms with Crippen LogP contribution in [0.1, 0.15) is 144 Å². The molecule has 188 valence electrons. The summed E-state index contributed by atoms with van der Waals surface area (Å²) in [6.45, 7) is 14.5. The first-order chi connectivity index (χ1) is 14.9. The van der Waals surface area contributed by atoms with Gasteiger partial charge in [0.05, 0.1) is 25.4 Å². The van der Waals surface area contributed by atoms with Crippen molar-refractivity contribution < 1.29 is 14.9 Å². The lowest BCUT2D eigenvalue weighted by Crippen LogP contribution is -2.43. The van der Waals surface area contributed by atoms with E-state index < -0.39 is 0 Å². The number of aliphatic hydroxyl groups is 2. The molecule has 0 radical (unpaired) electrons. The van der Waals surface area contributed by atoms with Crippen LogP contribution in [0, 0.1) is 10.8 Å². The summed E-state index contributed by atoms with van der Waals surface area (Å²) in [6, 6.07) is 0. The van der Waals surface area contributed by atoms with Gasteiger partial charge in [-0.3, -0.25) is 0 Å². The molecule has 0 heterocycles. The second-order valence-corrected chi connectivity index (χ2v) is 10.2. The Bertz CT molecular complexity index is 364. The van der Waals surface area contributed by atoms with E-state index in [0.29, 0.717) is 13.2 Å². The second kappa shape index (κ2) is 18.3. The Kier molecular flexibility index (Phi) is 18.3. The first-order valence-electron chi connectivity index (χ1n) is 13.9. The van der Waals surface area contributed by atoms with Crippen LogP contribution in [-0.4, -0.2) is 35.6 Å². The van der Waals surface area contributed by atoms with Crippen molar-refractivity contribution in [3.8, 4) is 0 Å². The fourth-order valence-corrected chi connectivity index (χ4v) is 5.00. The lowest BCUT2D eigenvalue weighted by molar-refractivity contribution is -0.104. The molecule has 0 aromatic carbocycles. The van der Waals surface area contributed by atoms with E-state index in [9.17, 15) is 10.2 Å². The van der Waals surface area contributed by atoms with Gasteiger partial charge in [0.25, 0.3) is 0 Å². The quantitative estimate of drug-likeness (QED) is 0.167. The molecule has 4 unspecified atom stereocenters. The number of unbranched alkanes of at least 4 members (excludes halogenated alkanes) is 6. The number of aliphatic hydroxyl groups excluding tert-OH is 2. The number of ether oxygens (including phenoxy) is 1. The lowest BCUT2D eigenvalue weighted by atomic mass is 9.73. The molecule has 0 saturated carbocycles. The first-order valence-corrected chi connectivity index (χ1v) is 13.9. The minimum absolute atomic E-state index is 0.152. The topological polar surface area (TPSA) is 49.7 Å². The zero-order valence-electron chi connectivity index (χ0n) is 22.2. The van der Waals surface area contributed by atoms with Crippen molar-refractivity contribution in [1.29, 1.82) is 0 Å². The van der Waals surface area contributed by atoms with Gasteiger partial charge in [-0.05, 0) is 38.5 Å². The van der Waals surface area contributed by atoms with Crippen LogP contribution in [-0.2, 0) is 4.74 Å². The van der Waals surface area contributed by atoms with Crippen molar-refractivity contribution in [2.45, 2.75) is 156 Å². The van der Waals surface area contributed by atoms with Crippen molar-refractivity contribution in [1.82, 2.24) is 0 Å². The highest BCUT2D eigenvalue weighted by molar-refractivity contribution is 4.89. The maximum atomic E-state index is 11.2. The molecule has 31 heavy (non-hydrogen) atoms. The molecule has 0 rings (SSSR count). The Morgan fingerprint density at radius 1 is 0.548 bits per heavy atom. The molecule has 3 heteroatoms. The second-order valence-electron chi connectivity index (χ2n) is 10.2. The standard InChI is InChI=1S/C28H58O3/c1-7-13-17-19-25(29)27(11-5,21-15-9-3)23-31-24-28(12-6,22-16-10-4)26(30)20-18-14-8-2/h25-26,29-30H,7-24H2,1-6H3. The molecule has 0 aliphatic rings. The summed E-state index contributed by atoms with van der Waals surface area (Å²) in [6.07, 6.45) is 16.6. The third kappa shape index (κ3) is 11.0. The summed E-state index contributed by atoms with van der Waals surface area (Å²) >= 11 is 0. The Morgan fingerprint density at radius 2 is 0.903 bits per heavy atom. The maximum absolute atomic E-state index is 11.2. The van der Waals surface area contributed by atoms with Gasteiger partial charge in [-0.2, -0.15) is 0 Å². The average Bonchev–Trinajstić information content (AvgIpc) is 2.78. The number of hydrogen-bond acceptors (Lipinski definition) is 3. The van der Waals surface area contributed by atoms with Crippen LogP contribution in [0.3, 0.4) is 0 Å². The highest BCUT2D eigenvalue weighted by Gasteiger charge is 2.39. The Labute approximate surface area is 195 Å². The minimum atomic E-state index is -0.295. The van der Waals surface area contributed by atoms with Crippen molar-refractivity contribution in [3.05, 3.63) is 0 Å². The minimum Gasteiger partial charge on any atom is -0.392 e.